The van der Waals surface area contributed by atoms with E-state index in [0.717, 1.165) is 11.6 Å². The van der Waals surface area contributed by atoms with Gasteiger partial charge in [0.25, 0.3) is 11.5 Å². The lowest BCUT2D eigenvalue weighted by molar-refractivity contribution is 0.0945. The maximum Gasteiger partial charge on any atom is 0.270 e. The molecule has 0 saturated heterocycles. The Bertz CT molecular complexity index is 637. The molecule has 0 atom stereocenters. The quantitative estimate of drug-likeness (QED) is 0.827. The van der Waals surface area contributed by atoms with Gasteiger partial charge in [0, 0.05) is 24.9 Å². The largest absolute Gasteiger partial charge is 0.478 e. The van der Waals surface area contributed by atoms with Crippen LogP contribution in [0.2, 0.25) is 0 Å². The van der Waals surface area contributed by atoms with Gasteiger partial charge in [0.2, 0.25) is 5.88 Å². The summed E-state index contributed by atoms with van der Waals surface area (Å²) in [5.41, 5.74) is 0.534. The molecular weight excluding hydrogens is 260 g/mol. The van der Waals surface area contributed by atoms with Gasteiger partial charge in [-0.15, -0.1) is 0 Å². The van der Waals surface area contributed by atoms with E-state index in [9.17, 15) is 9.59 Å². The standard InChI is InChI=1S/C13H14N4O3/c1-2-20-12-4-3-9(6-14-12)7-15-13(19)10-5-11(18)17-8-16-10/h3-6,8H,2,7H2,1H3,(H,15,19)(H,16,17,18). The lowest BCUT2D eigenvalue weighted by Crippen LogP contribution is -2.25. The molecule has 0 aromatic carbocycles. The van der Waals surface area contributed by atoms with Crippen molar-refractivity contribution < 1.29 is 9.53 Å². The molecule has 104 valence electrons. The number of aromatic amines is 1. The molecule has 0 aliphatic heterocycles. The molecule has 7 heteroatoms. The Kier molecular flexibility index (Phi) is 4.43. The zero-order valence-electron chi connectivity index (χ0n) is 10.9. The van der Waals surface area contributed by atoms with Crippen LogP contribution in [0, 0.1) is 0 Å². The third kappa shape index (κ3) is 3.64. The molecule has 0 radical (unpaired) electrons. The number of carbonyl (C=O) groups is 1. The van der Waals surface area contributed by atoms with E-state index >= 15 is 0 Å². The minimum absolute atomic E-state index is 0.0765. The predicted molar refractivity (Wildman–Crippen MR) is 71.4 cm³/mol. The third-order valence-corrected chi connectivity index (χ3v) is 2.45. The number of hydrogen-bond donors (Lipinski definition) is 2. The van der Waals surface area contributed by atoms with Gasteiger partial charge in [0.15, 0.2) is 0 Å². The van der Waals surface area contributed by atoms with Crippen LogP contribution in [-0.2, 0) is 6.54 Å². The van der Waals surface area contributed by atoms with Crippen LogP contribution in [0.4, 0.5) is 0 Å². The van der Waals surface area contributed by atoms with Crippen molar-refractivity contribution in [1.82, 2.24) is 20.3 Å². The Morgan fingerprint density at radius 2 is 2.25 bits per heavy atom. The van der Waals surface area contributed by atoms with Crippen LogP contribution in [0.25, 0.3) is 0 Å². The van der Waals surface area contributed by atoms with E-state index in [-0.39, 0.29) is 11.3 Å². The first kappa shape index (κ1) is 13.7. The van der Waals surface area contributed by atoms with Crippen LogP contribution in [0.1, 0.15) is 23.0 Å². The van der Waals surface area contributed by atoms with E-state index < -0.39 is 5.91 Å². The van der Waals surface area contributed by atoms with Crippen LogP contribution >= 0.6 is 0 Å². The highest BCUT2D eigenvalue weighted by Gasteiger charge is 2.07. The van der Waals surface area contributed by atoms with Gasteiger partial charge in [-0.25, -0.2) is 9.97 Å². The van der Waals surface area contributed by atoms with E-state index in [1.807, 2.05) is 13.0 Å². The zero-order chi connectivity index (χ0) is 14.4. The SMILES string of the molecule is CCOc1ccc(CNC(=O)c2cc(=O)[nH]cn2)cn1. The number of H-pyrrole nitrogens is 1. The highest BCUT2D eigenvalue weighted by atomic mass is 16.5. The van der Waals surface area contributed by atoms with Gasteiger partial charge in [-0.05, 0) is 12.5 Å². The number of ether oxygens (including phenoxy) is 1. The summed E-state index contributed by atoms with van der Waals surface area (Å²) >= 11 is 0. The molecule has 0 saturated carbocycles. The number of rotatable bonds is 5. The van der Waals surface area contributed by atoms with Crippen molar-refractivity contribution in [1.29, 1.82) is 0 Å². The highest BCUT2D eigenvalue weighted by Crippen LogP contribution is 2.07. The van der Waals surface area contributed by atoms with Gasteiger partial charge in [0.05, 0.1) is 12.9 Å². The fraction of sp³-hybridized carbons (Fsp3) is 0.231. The molecule has 0 aliphatic rings. The summed E-state index contributed by atoms with van der Waals surface area (Å²) in [6.07, 6.45) is 2.81. The molecule has 0 bridgehead atoms. The molecule has 2 aromatic rings. The number of nitrogens with one attached hydrogen (secondary N) is 2. The number of pyridine rings is 1. The van der Waals surface area contributed by atoms with Gasteiger partial charge in [-0.1, -0.05) is 6.07 Å². The van der Waals surface area contributed by atoms with Gasteiger partial charge >= 0.3 is 0 Å². The van der Waals surface area contributed by atoms with Crippen molar-refractivity contribution in [2.24, 2.45) is 0 Å². The Labute approximate surface area is 115 Å². The van der Waals surface area contributed by atoms with E-state index in [1.54, 1.807) is 12.3 Å². The summed E-state index contributed by atoms with van der Waals surface area (Å²) in [7, 11) is 0. The van der Waals surface area contributed by atoms with Gasteiger partial charge < -0.3 is 15.0 Å². The van der Waals surface area contributed by atoms with Gasteiger partial charge in [-0.2, -0.15) is 0 Å². The van der Waals surface area contributed by atoms with Crippen LogP contribution in [-0.4, -0.2) is 27.5 Å². The summed E-state index contributed by atoms with van der Waals surface area (Å²) in [5.74, 6) is 0.129. The molecule has 0 aliphatic carbocycles. The molecule has 0 fully saturated rings. The van der Waals surface area contributed by atoms with Crippen molar-refractivity contribution in [2.75, 3.05) is 6.61 Å². The number of hydrogen-bond acceptors (Lipinski definition) is 5. The second-order valence-corrected chi connectivity index (χ2v) is 3.92. The molecular formula is C13H14N4O3. The number of aromatic nitrogens is 3. The van der Waals surface area contributed by atoms with Crippen LogP contribution < -0.4 is 15.6 Å². The number of amides is 1. The third-order valence-electron chi connectivity index (χ3n) is 2.45. The summed E-state index contributed by atoms with van der Waals surface area (Å²) in [6.45, 7) is 2.73. The molecule has 0 spiro atoms. The van der Waals surface area contributed by atoms with E-state index in [0.29, 0.717) is 19.0 Å². The highest BCUT2D eigenvalue weighted by molar-refractivity contribution is 5.91. The first-order chi connectivity index (χ1) is 9.69. The van der Waals surface area contributed by atoms with Gasteiger partial charge in [-0.3, -0.25) is 9.59 Å². The monoisotopic (exact) mass is 274 g/mol. The number of nitrogens with zero attached hydrogens (tertiary/aromatic N) is 2. The van der Waals surface area contributed by atoms with E-state index in [2.05, 4.69) is 20.3 Å². The normalized spacial score (nSPS) is 10.1. The molecule has 7 nitrogen and oxygen atoms in total. The van der Waals surface area contributed by atoms with Crippen molar-refractivity contribution in [2.45, 2.75) is 13.5 Å². The number of carbonyl (C=O) groups excluding carboxylic acids is 1. The van der Waals surface area contributed by atoms with E-state index in [4.69, 9.17) is 4.74 Å². The fourth-order valence-corrected chi connectivity index (χ4v) is 1.51. The smallest absolute Gasteiger partial charge is 0.270 e. The van der Waals surface area contributed by atoms with Crippen molar-refractivity contribution in [3.63, 3.8) is 0 Å². The van der Waals surface area contributed by atoms with Crippen LogP contribution in [0.15, 0.2) is 35.5 Å². The zero-order valence-corrected chi connectivity index (χ0v) is 10.9. The van der Waals surface area contributed by atoms with Gasteiger partial charge in [0.1, 0.15) is 5.69 Å². The molecule has 2 rings (SSSR count). The summed E-state index contributed by atoms with van der Waals surface area (Å²) in [5, 5.41) is 2.66. The molecule has 20 heavy (non-hydrogen) atoms. The molecule has 2 heterocycles. The average molecular weight is 274 g/mol. The summed E-state index contributed by atoms with van der Waals surface area (Å²) in [6, 6.07) is 4.69. The van der Waals surface area contributed by atoms with Crippen LogP contribution in [0.5, 0.6) is 5.88 Å². The minimum Gasteiger partial charge on any atom is -0.478 e. The lowest BCUT2D eigenvalue weighted by atomic mass is 10.2. The van der Waals surface area contributed by atoms with Crippen LogP contribution in [0.3, 0.4) is 0 Å². The topological polar surface area (TPSA) is 97.0 Å². The van der Waals surface area contributed by atoms with Crippen molar-refractivity contribution in [3.05, 3.63) is 52.3 Å². The lowest BCUT2D eigenvalue weighted by Gasteiger charge is -2.05. The van der Waals surface area contributed by atoms with Crippen molar-refractivity contribution >= 4 is 5.91 Å². The minimum atomic E-state index is -0.412. The Morgan fingerprint density at radius 1 is 1.40 bits per heavy atom. The Hall–Kier alpha value is -2.70. The Balaban J connectivity index is 1.94. The predicted octanol–water partition coefficient (Wildman–Crippen LogP) is 0.494. The molecule has 2 aromatic heterocycles. The fourth-order valence-electron chi connectivity index (χ4n) is 1.51. The summed E-state index contributed by atoms with van der Waals surface area (Å²) in [4.78, 5) is 33.1. The summed E-state index contributed by atoms with van der Waals surface area (Å²) < 4.78 is 5.22. The second kappa shape index (κ2) is 6.46. The molecule has 0 unspecified atom stereocenters. The molecule has 2 N–H and O–H groups in total. The maximum atomic E-state index is 11.8. The second-order valence-electron chi connectivity index (χ2n) is 3.92. The van der Waals surface area contributed by atoms with Crippen molar-refractivity contribution in [3.8, 4) is 5.88 Å². The first-order valence-electron chi connectivity index (χ1n) is 6.09. The Morgan fingerprint density at radius 3 is 2.90 bits per heavy atom. The van der Waals surface area contributed by atoms with E-state index in [1.165, 1.54) is 6.33 Å². The average Bonchev–Trinajstić information content (AvgIpc) is 2.46. The first-order valence-corrected chi connectivity index (χ1v) is 6.09. The molecule has 1 amide bonds. The maximum absolute atomic E-state index is 11.8.